The molecular formula is C17H24IN3OS. The molecule has 4 nitrogen and oxygen atoms in total. The minimum absolute atomic E-state index is 0. The van der Waals surface area contributed by atoms with Crippen LogP contribution in [0, 0.1) is 0 Å². The fourth-order valence-electron chi connectivity index (χ4n) is 2.07. The normalized spacial score (nSPS) is 11.0. The number of rotatable bonds is 7. The Kier molecular flexibility index (Phi) is 9.89. The molecule has 0 saturated heterocycles. The molecule has 0 saturated carbocycles. The van der Waals surface area contributed by atoms with Crippen LogP contribution in [0.2, 0.25) is 0 Å². The highest BCUT2D eigenvalue weighted by molar-refractivity contribution is 14.0. The maximum absolute atomic E-state index is 5.52. The highest BCUT2D eigenvalue weighted by Crippen LogP contribution is 2.10. The maximum atomic E-state index is 5.52. The molecule has 0 aliphatic heterocycles. The van der Waals surface area contributed by atoms with Crippen molar-refractivity contribution >= 4 is 41.3 Å². The van der Waals surface area contributed by atoms with Gasteiger partial charge in [-0.2, -0.15) is 0 Å². The van der Waals surface area contributed by atoms with E-state index in [1.165, 1.54) is 16.0 Å². The summed E-state index contributed by atoms with van der Waals surface area (Å²) in [5.74, 6) is 0.805. The van der Waals surface area contributed by atoms with E-state index in [4.69, 9.17) is 4.74 Å². The van der Waals surface area contributed by atoms with Crippen LogP contribution >= 0.6 is 35.3 Å². The molecule has 2 N–H and O–H groups in total. The molecule has 0 amide bonds. The van der Waals surface area contributed by atoms with Gasteiger partial charge in [0.2, 0.25) is 0 Å². The molecule has 1 aromatic carbocycles. The van der Waals surface area contributed by atoms with Crippen LogP contribution in [0.3, 0.4) is 0 Å². The van der Waals surface area contributed by atoms with Crippen LogP contribution in [0.5, 0.6) is 0 Å². The summed E-state index contributed by atoms with van der Waals surface area (Å²) in [6, 6.07) is 12.5. The lowest BCUT2D eigenvalue weighted by molar-refractivity contribution is 0.133. The van der Waals surface area contributed by atoms with Crippen LogP contribution in [0.1, 0.15) is 22.9 Å². The van der Waals surface area contributed by atoms with E-state index in [0.29, 0.717) is 6.61 Å². The van der Waals surface area contributed by atoms with Crippen LogP contribution < -0.4 is 10.6 Å². The lowest BCUT2D eigenvalue weighted by Gasteiger charge is -2.14. The predicted molar refractivity (Wildman–Crippen MR) is 109 cm³/mol. The Balaban J connectivity index is 0.00000264. The molecule has 0 aliphatic carbocycles. The van der Waals surface area contributed by atoms with Crippen molar-refractivity contribution in [3.63, 3.8) is 0 Å². The summed E-state index contributed by atoms with van der Waals surface area (Å²) in [5, 5.41) is 8.76. The molecule has 0 atom stereocenters. The molecule has 2 rings (SSSR count). The van der Waals surface area contributed by atoms with E-state index in [2.05, 4.69) is 45.3 Å². The first-order chi connectivity index (χ1) is 10.8. The van der Waals surface area contributed by atoms with E-state index in [-0.39, 0.29) is 24.0 Å². The average molecular weight is 445 g/mol. The van der Waals surface area contributed by atoms with Gasteiger partial charge < -0.3 is 15.4 Å². The fraction of sp³-hybridized carbons (Fsp3) is 0.353. The van der Waals surface area contributed by atoms with Crippen LogP contribution in [0.4, 0.5) is 0 Å². The van der Waals surface area contributed by atoms with Gasteiger partial charge in [0.05, 0.1) is 13.2 Å². The Hall–Kier alpha value is -1.12. The van der Waals surface area contributed by atoms with Gasteiger partial charge in [0.15, 0.2) is 5.96 Å². The van der Waals surface area contributed by atoms with Crippen molar-refractivity contribution in [2.75, 3.05) is 13.7 Å². The number of nitrogens with one attached hydrogen (secondary N) is 2. The van der Waals surface area contributed by atoms with Gasteiger partial charge in [-0.05, 0) is 29.5 Å². The number of ether oxygens (including phenoxy) is 1. The third-order valence-corrected chi connectivity index (χ3v) is 4.14. The number of hydrogen-bond acceptors (Lipinski definition) is 3. The van der Waals surface area contributed by atoms with Crippen molar-refractivity contribution in [1.29, 1.82) is 0 Å². The largest absolute Gasteiger partial charge is 0.377 e. The molecule has 126 valence electrons. The van der Waals surface area contributed by atoms with E-state index >= 15 is 0 Å². The monoisotopic (exact) mass is 445 g/mol. The second-order valence-electron chi connectivity index (χ2n) is 4.76. The Morgan fingerprint density at radius 3 is 2.48 bits per heavy atom. The summed E-state index contributed by atoms with van der Waals surface area (Å²) in [7, 11) is 1.79. The summed E-state index contributed by atoms with van der Waals surface area (Å²) in [4.78, 5) is 5.55. The maximum Gasteiger partial charge on any atom is 0.191 e. The topological polar surface area (TPSA) is 45.6 Å². The first kappa shape index (κ1) is 19.9. The minimum atomic E-state index is 0. The smallest absolute Gasteiger partial charge is 0.191 e. The Bertz CT molecular complexity index is 587. The summed E-state index contributed by atoms with van der Waals surface area (Å²) in [6.45, 7) is 4.91. The molecule has 0 aliphatic rings. The molecule has 0 fully saturated rings. The Morgan fingerprint density at radius 2 is 1.83 bits per heavy atom. The van der Waals surface area contributed by atoms with Gasteiger partial charge >= 0.3 is 0 Å². The standard InChI is InChI=1S/C17H23N3OS.HI/c1-3-21-13-15-8-5-4-7-14(15)11-19-17(18-2)20-12-16-9-6-10-22-16;/h4-10H,3,11-13H2,1-2H3,(H2,18,19,20);1H. The number of aliphatic imine (C=N–C) groups is 1. The van der Waals surface area contributed by atoms with Gasteiger partial charge in [0.1, 0.15) is 0 Å². The molecule has 0 unspecified atom stereocenters. The lowest BCUT2D eigenvalue weighted by atomic mass is 10.1. The predicted octanol–water partition coefficient (Wildman–Crippen LogP) is 3.77. The highest BCUT2D eigenvalue weighted by atomic mass is 127. The first-order valence-electron chi connectivity index (χ1n) is 7.45. The number of thiophene rings is 1. The van der Waals surface area contributed by atoms with Crippen LogP contribution in [-0.4, -0.2) is 19.6 Å². The lowest BCUT2D eigenvalue weighted by Crippen LogP contribution is -2.36. The number of halogens is 1. The van der Waals surface area contributed by atoms with E-state index in [0.717, 1.165) is 25.7 Å². The number of guanidine groups is 1. The second kappa shape index (κ2) is 11.4. The molecule has 0 bridgehead atoms. The van der Waals surface area contributed by atoms with Gasteiger partial charge in [-0.3, -0.25) is 4.99 Å². The third kappa shape index (κ3) is 6.88. The van der Waals surface area contributed by atoms with Crippen LogP contribution in [0.25, 0.3) is 0 Å². The third-order valence-electron chi connectivity index (χ3n) is 3.26. The molecule has 0 radical (unpaired) electrons. The van der Waals surface area contributed by atoms with Crippen molar-refractivity contribution in [2.24, 2.45) is 4.99 Å². The molecule has 2 aromatic rings. The minimum Gasteiger partial charge on any atom is -0.377 e. The second-order valence-corrected chi connectivity index (χ2v) is 5.80. The number of nitrogens with zero attached hydrogens (tertiary/aromatic N) is 1. The van der Waals surface area contributed by atoms with E-state index in [1.807, 2.05) is 19.1 Å². The van der Waals surface area contributed by atoms with Crippen LogP contribution in [0.15, 0.2) is 46.8 Å². The van der Waals surface area contributed by atoms with Crippen molar-refractivity contribution in [1.82, 2.24) is 10.6 Å². The molecule has 23 heavy (non-hydrogen) atoms. The Morgan fingerprint density at radius 1 is 1.09 bits per heavy atom. The van der Waals surface area contributed by atoms with Crippen molar-refractivity contribution in [3.8, 4) is 0 Å². The number of hydrogen-bond donors (Lipinski definition) is 2. The summed E-state index contributed by atoms with van der Waals surface area (Å²) < 4.78 is 5.52. The van der Waals surface area contributed by atoms with Gasteiger partial charge in [-0.25, -0.2) is 0 Å². The van der Waals surface area contributed by atoms with Crippen molar-refractivity contribution in [2.45, 2.75) is 26.6 Å². The zero-order valence-corrected chi connectivity index (χ0v) is 16.7. The quantitative estimate of drug-likeness (QED) is 0.388. The SMILES string of the molecule is CCOCc1ccccc1CNC(=NC)NCc1cccs1.I. The van der Waals surface area contributed by atoms with E-state index in [1.54, 1.807) is 18.4 Å². The molecule has 0 spiro atoms. The van der Waals surface area contributed by atoms with Crippen LogP contribution in [-0.2, 0) is 24.4 Å². The summed E-state index contributed by atoms with van der Waals surface area (Å²) in [5.41, 5.74) is 2.44. The van der Waals surface area contributed by atoms with Crippen molar-refractivity contribution < 1.29 is 4.74 Å². The zero-order chi connectivity index (χ0) is 15.6. The molecule has 1 heterocycles. The molecular weight excluding hydrogens is 421 g/mol. The molecule has 1 aromatic heterocycles. The van der Waals surface area contributed by atoms with Gasteiger partial charge in [0, 0.05) is 25.1 Å². The van der Waals surface area contributed by atoms with Gasteiger partial charge in [-0.15, -0.1) is 35.3 Å². The van der Waals surface area contributed by atoms with Gasteiger partial charge in [0.25, 0.3) is 0 Å². The summed E-state index contributed by atoms with van der Waals surface area (Å²) in [6.07, 6.45) is 0. The van der Waals surface area contributed by atoms with Gasteiger partial charge in [-0.1, -0.05) is 30.3 Å². The number of benzene rings is 1. The van der Waals surface area contributed by atoms with Crippen molar-refractivity contribution in [3.05, 3.63) is 57.8 Å². The summed E-state index contributed by atoms with van der Waals surface area (Å²) >= 11 is 1.74. The van der Waals surface area contributed by atoms with E-state index < -0.39 is 0 Å². The zero-order valence-electron chi connectivity index (χ0n) is 13.5. The first-order valence-corrected chi connectivity index (χ1v) is 8.33. The fourth-order valence-corrected chi connectivity index (χ4v) is 2.71. The highest BCUT2D eigenvalue weighted by Gasteiger charge is 2.04. The van der Waals surface area contributed by atoms with E-state index in [9.17, 15) is 0 Å². The molecule has 6 heteroatoms. The Labute approximate surface area is 159 Å². The average Bonchev–Trinajstić information content (AvgIpc) is 3.07.